The van der Waals surface area contributed by atoms with Crippen LogP contribution in [0, 0.1) is 0 Å². The van der Waals surface area contributed by atoms with Gasteiger partial charge in [-0.05, 0) is 0 Å². The van der Waals surface area contributed by atoms with Gasteiger partial charge in [0.05, 0.1) is 35.5 Å². The molecule has 216 valence electrons. The maximum atomic E-state index is 11.5. The number of aliphatic hydroxyl groups excluding tert-OH is 4. The summed E-state index contributed by atoms with van der Waals surface area (Å²) in [6.45, 7) is -0.586. The molecule has 2 saturated heterocycles. The van der Waals surface area contributed by atoms with E-state index in [0.717, 1.165) is 0 Å². The first-order chi connectivity index (χ1) is 17.2. The highest BCUT2D eigenvalue weighted by molar-refractivity contribution is 7.84. The Morgan fingerprint density at radius 1 is 0.947 bits per heavy atom. The van der Waals surface area contributed by atoms with Gasteiger partial charge in [-0.3, -0.25) is 0 Å². The van der Waals surface area contributed by atoms with Crippen molar-refractivity contribution in [2.45, 2.75) is 49.7 Å². The van der Waals surface area contributed by atoms with E-state index < -0.39 is 58.4 Å². The predicted octanol–water partition coefficient (Wildman–Crippen LogP) is -9.27. The first kappa shape index (κ1) is 33.2. The third kappa shape index (κ3) is 9.81. The molecule has 2 aliphatic heterocycles. The van der Waals surface area contributed by atoms with E-state index in [1.54, 1.807) is 0 Å². The Morgan fingerprint density at radius 3 is 1.50 bits per heavy atom. The highest BCUT2D eigenvalue weighted by atomic mass is 35.5. The van der Waals surface area contributed by atoms with E-state index in [1.807, 2.05) is 0 Å². The minimum absolute atomic E-state index is 0. The highest BCUT2D eigenvalue weighted by Crippen LogP contribution is 2.24. The minimum Gasteiger partial charge on any atom is -1.00 e. The van der Waals surface area contributed by atoms with Crippen molar-refractivity contribution in [2.24, 2.45) is 0 Å². The van der Waals surface area contributed by atoms with E-state index in [4.69, 9.17) is 44.1 Å². The Balaban J connectivity index is 0.000000317. The van der Waals surface area contributed by atoms with Crippen LogP contribution in [0.1, 0.15) is 25.3 Å². The zero-order chi connectivity index (χ0) is 27.9. The number of aromatic nitrogens is 6. The molecule has 0 radical (unpaired) electrons. The summed E-state index contributed by atoms with van der Waals surface area (Å²) in [5.41, 5.74) is 9.66. The van der Waals surface area contributed by atoms with E-state index in [1.165, 1.54) is 21.8 Å². The molecule has 0 saturated carbocycles. The van der Waals surface area contributed by atoms with Gasteiger partial charge in [-0.25, -0.2) is 18.0 Å². The fourth-order valence-electron chi connectivity index (χ4n) is 3.28. The summed E-state index contributed by atoms with van der Waals surface area (Å²) < 4.78 is 40.2. The van der Waals surface area contributed by atoms with Crippen LogP contribution >= 0.6 is 0 Å². The van der Waals surface area contributed by atoms with Gasteiger partial charge in [-0.1, -0.05) is 9.97 Å². The molecule has 0 aliphatic carbocycles. The number of aromatic amines is 2. The number of H-pyrrole nitrogens is 2. The molecule has 4 heterocycles. The van der Waals surface area contributed by atoms with E-state index in [0.29, 0.717) is 6.26 Å². The number of hydrogen-bond acceptors (Lipinski definition) is 15. The van der Waals surface area contributed by atoms with Gasteiger partial charge in [0.15, 0.2) is 12.5 Å². The van der Waals surface area contributed by atoms with Gasteiger partial charge < -0.3 is 58.3 Å². The van der Waals surface area contributed by atoms with E-state index in [9.17, 15) is 19.8 Å². The molecule has 0 amide bonds. The molecule has 21 heteroatoms. The number of halogens is 1. The second-order valence-electron chi connectivity index (χ2n) is 7.87. The van der Waals surface area contributed by atoms with Crippen LogP contribution in [-0.2, 0) is 19.6 Å². The fourth-order valence-corrected chi connectivity index (χ4v) is 3.28. The first-order valence-electron chi connectivity index (χ1n) is 10.5. The normalized spacial score (nSPS) is 26.4. The number of nitrogen functional groups attached to an aromatic ring is 2. The Hall–Kier alpha value is -2.82. The van der Waals surface area contributed by atoms with Crippen molar-refractivity contribution < 1.29 is 64.4 Å². The van der Waals surface area contributed by atoms with Crippen molar-refractivity contribution in [3.05, 3.63) is 33.6 Å². The Labute approximate surface area is 220 Å². The summed E-state index contributed by atoms with van der Waals surface area (Å²) in [5, 5.41) is 36.8. The van der Waals surface area contributed by atoms with Crippen LogP contribution in [0.15, 0.2) is 22.2 Å². The summed E-state index contributed by atoms with van der Waals surface area (Å²) in [5.74, 6) is 0.0250. The van der Waals surface area contributed by atoms with Crippen LogP contribution in [0.2, 0.25) is 0 Å². The van der Waals surface area contributed by atoms with Gasteiger partial charge in [0.1, 0.15) is 12.2 Å². The Kier molecular flexibility index (Phi) is 12.6. The van der Waals surface area contributed by atoms with Crippen LogP contribution in [0.4, 0.5) is 11.9 Å². The number of rotatable bonds is 4. The second-order valence-corrected chi connectivity index (χ2v) is 9.28. The lowest BCUT2D eigenvalue weighted by Gasteiger charge is -2.09. The molecular weight excluding hydrogens is 560 g/mol. The van der Waals surface area contributed by atoms with E-state index >= 15 is 0 Å². The molecule has 2 aliphatic rings. The number of aliphatic hydroxyl groups is 4. The highest BCUT2D eigenvalue weighted by Gasteiger charge is 2.38. The molecule has 2 aromatic rings. The van der Waals surface area contributed by atoms with Crippen molar-refractivity contribution in [3.63, 3.8) is 0 Å². The van der Waals surface area contributed by atoms with Crippen LogP contribution in [0.5, 0.6) is 0 Å². The molecule has 0 aromatic carbocycles. The van der Waals surface area contributed by atoms with Crippen molar-refractivity contribution in [1.29, 1.82) is 0 Å². The molecule has 2 fully saturated rings. The zero-order valence-electron chi connectivity index (χ0n) is 19.8. The second kappa shape index (κ2) is 14.4. The van der Waals surface area contributed by atoms with Crippen molar-refractivity contribution in [1.82, 2.24) is 19.9 Å². The molecule has 10 N–H and O–H groups in total. The molecule has 0 spiro atoms. The number of nitrogens with zero attached hydrogens (tertiary/aromatic N) is 4. The lowest BCUT2D eigenvalue weighted by molar-refractivity contribution is -0.776. The van der Waals surface area contributed by atoms with Crippen LogP contribution in [0.3, 0.4) is 0 Å². The number of nitrogens with two attached hydrogens (primary N) is 2. The summed E-state index contributed by atoms with van der Waals surface area (Å²) >= 11 is 0. The van der Waals surface area contributed by atoms with Gasteiger partial charge in [0.2, 0.25) is 12.7 Å². The summed E-state index contributed by atoms with van der Waals surface area (Å²) in [7, 11) is -3.92. The third-order valence-corrected chi connectivity index (χ3v) is 4.97. The summed E-state index contributed by atoms with van der Waals surface area (Å²) in [6.07, 6.45) is -0.658. The van der Waals surface area contributed by atoms with Gasteiger partial charge in [0, 0.05) is 19.1 Å². The van der Waals surface area contributed by atoms with Gasteiger partial charge >= 0.3 is 23.3 Å². The first-order valence-corrected chi connectivity index (χ1v) is 12.4. The zero-order valence-corrected chi connectivity index (χ0v) is 21.4. The predicted molar refractivity (Wildman–Crippen MR) is 118 cm³/mol. The lowest BCUT2D eigenvalue weighted by atomic mass is 10.2. The molecule has 6 atom stereocenters. The van der Waals surface area contributed by atoms with Gasteiger partial charge in [0.25, 0.3) is 0 Å². The van der Waals surface area contributed by atoms with Crippen molar-refractivity contribution >= 4 is 22.0 Å². The van der Waals surface area contributed by atoms with Crippen LogP contribution in [-0.4, -0.2) is 97.2 Å². The quantitative estimate of drug-likeness (QED) is 0.121. The topological polar surface area (TPSA) is 308 Å². The Morgan fingerprint density at radius 2 is 1.26 bits per heavy atom. The van der Waals surface area contributed by atoms with E-state index in [-0.39, 0.29) is 50.4 Å². The van der Waals surface area contributed by atoms with E-state index in [2.05, 4.69) is 19.9 Å². The molecule has 0 bridgehead atoms. The third-order valence-electron chi connectivity index (χ3n) is 4.97. The summed E-state index contributed by atoms with van der Waals surface area (Å²) in [6, 6.07) is 0. The number of hydrogen-bond donors (Lipinski definition) is 8. The largest absolute Gasteiger partial charge is 1.00 e. The number of nitrogens with one attached hydrogen (secondary N) is 2. The average Bonchev–Trinajstić information content (AvgIpc) is 3.34. The molecule has 38 heavy (non-hydrogen) atoms. The minimum atomic E-state index is -3.92. The smallest absolute Gasteiger partial charge is 0.446 e. The maximum absolute atomic E-state index is 11.5. The van der Waals surface area contributed by atoms with Crippen molar-refractivity contribution in [2.75, 3.05) is 30.9 Å². The monoisotopic (exact) mass is 588 g/mol. The van der Waals surface area contributed by atoms with Crippen LogP contribution < -0.4 is 44.4 Å². The standard InChI is InChI=1S/2C8H12N4O4.CH4O3S.ClH/c2*9-7-10-3-12(8(15)11-7)6-1-4(14)5(2-13)16-6;1-5(2,3)4;/h2*3-6,13-14H,1-2H2,(H2,9,11,15);1H3,(H,2,3,4);1H/t2*4?,5-,6-;;/m11../s1. The maximum Gasteiger partial charge on any atom is 0.446 e. The van der Waals surface area contributed by atoms with Gasteiger partial charge in [-0.15, -0.1) is 0 Å². The molecule has 19 nitrogen and oxygen atoms in total. The van der Waals surface area contributed by atoms with Crippen molar-refractivity contribution in [3.8, 4) is 0 Å². The number of ether oxygens (including phenoxy) is 2. The van der Waals surface area contributed by atoms with Crippen LogP contribution in [0.25, 0.3) is 0 Å². The summed E-state index contributed by atoms with van der Waals surface area (Å²) in [4.78, 5) is 35.1. The molecule has 4 rings (SSSR count). The molecule has 2 unspecified atom stereocenters. The van der Waals surface area contributed by atoms with Gasteiger partial charge in [-0.2, -0.15) is 19.1 Å². The lowest BCUT2D eigenvalue weighted by Crippen LogP contribution is -3.00. The Bertz CT molecular complexity index is 1170. The fraction of sp³-hybridized carbons (Fsp3) is 0.647. The average molecular weight is 589 g/mol. The SMILES string of the molecule is CS(=O)(=O)[O-].Nc1nc[n+]([C@H]2CC(O)[C@@H](CO)O2)c(=O)[nH]1.Nc1nc[n+]([C@H]2CC(O)[C@@H](CO)O2)c(=O)[nH]1.[Cl-]. The number of anilines is 2. The molecular formula is C17H29ClN8O11S. The molecule has 2 aromatic heterocycles.